The van der Waals surface area contributed by atoms with Crippen LogP contribution in [0.2, 0.25) is 0 Å². The van der Waals surface area contributed by atoms with E-state index >= 15 is 0 Å². The predicted molar refractivity (Wildman–Crippen MR) is 73.0 cm³/mol. The maximum Gasteiger partial charge on any atom is 0.414 e. The van der Waals surface area contributed by atoms with E-state index < -0.39 is 5.60 Å². The Hall–Kier alpha value is -1.58. The Bertz CT molecular complexity index is 405. The van der Waals surface area contributed by atoms with Gasteiger partial charge < -0.3 is 4.74 Å². The second kappa shape index (κ2) is 5.38. The van der Waals surface area contributed by atoms with E-state index in [1.54, 1.807) is 13.2 Å². The number of pyridine rings is 1. The molecule has 0 N–H and O–H groups in total. The van der Waals surface area contributed by atoms with Crippen molar-refractivity contribution in [1.29, 1.82) is 0 Å². The van der Waals surface area contributed by atoms with Gasteiger partial charge in [-0.2, -0.15) is 0 Å². The third kappa shape index (κ3) is 4.02. The van der Waals surface area contributed by atoms with Gasteiger partial charge in [-0.15, -0.1) is 0 Å². The summed E-state index contributed by atoms with van der Waals surface area (Å²) in [6, 6.07) is 3.81. The van der Waals surface area contributed by atoms with Gasteiger partial charge in [0.25, 0.3) is 0 Å². The number of hydrogen-bond donors (Lipinski definition) is 0. The molecule has 0 bridgehead atoms. The topological polar surface area (TPSA) is 42.4 Å². The highest BCUT2D eigenvalue weighted by Gasteiger charge is 2.20. The highest BCUT2D eigenvalue weighted by Crippen LogP contribution is 2.18. The summed E-state index contributed by atoms with van der Waals surface area (Å²) >= 11 is 0. The van der Waals surface area contributed by atoms with E-state index in [-0.39, 0.29) is 6.09 Å². The summed E-state index contributed by atoms with van der Waals surface area (Å²) < 4.78 is 5.29. The summed E-state index contributed by atoms with van der Waals surface area (Å²) in [5, 5.41) is 0. The first-order chi connectivity index (χ1) is 8.20. The van der Waals surface area contributed by atoms with Crippen molar-refractivity contribution in [3.8, 4) is 0 Å². The Morgan fingerprint density at radius 3 is 2.33 bits per heavy atom. The maximum atomic E-state index is 11.9. The van der Waals surface area contributed by atoms with Crippen LogP contribution >= 0.6 is 0 Å². The minimum Gasteiger partial charge on any atom is -0.443 e. The molecule has 1 rings (SSSR count). The van der Waals surface area contributed by atoms with Gasteiger partial charge in [0.1, 0.15) is 5.60 Å². The van der Waals surface area contributed by atoms with Gasteiger partial charge in [-0.3, -0.25) is 9.88 Å². The van der Waals surface area contributed by atoms with Crippen LogP contribution in [0.4, 0.5) is 10.5 Å². The Kier molecular flexibility index (Phi) is 4.33. The van der Waals surface area contributed by atoms with Crippen molar-refractivity contribution in [2.75, 3.05) is 11.9 Å². The zero-order valence-electron chi connectivity index (χ0n) is 12.0. The molecule has 0 saturated carbocycles. The van der Waals surface area contributed by atoms with Crippen molar-refractivity contribution >= 4 is 11.8 Å². The summed E-state index contributed by atoms with van der Waals surface area (Å²) in [6.07, 6.45) is 1.32. The van der Waals surface area contributed by atoms with E-state index in [0.717, 1.165) is 11.4 Å². The zero-order valence-corrected chi connectivity index (χ0v) is 12.0. The van der Waals surface area contributed by atoms with E-state index in [2.05, 4.69) is 18.8 Å². The van der Waals surface area contributed by atoms with E-state index in [9.17, 15) is 4.79 Å². The molecular formula is C14H22N2O2. The van der Waals surface area contributed by atoms with Gasteiger partial charge in [-0.05, 0) is 38.8 Å². The molecule has 18 heavy (non-hydrogen) atoms. The predicted octanol–water partition coefficient (Wildman–Crippen LogP) is 3.58. The molecular weight excluding hydrogens is 228 g/mol. The van der Waals surface area contributed by atoms with Crippen LogP contribution in [-0.2, 0) is 4.74 Å². The van der Waals surface area contributed by atoms with E-state index in [1.165, 1.54) is 4.90 Å². The van der Waals surface area contributed by atoms with Gasteiger partial charge in [-0.1, -0.05) is 13.8 Å². The molecule has 0 spiro atoms. The minimum absolute atomic E-state index is 0.374. The Morgan fingerprint density at radius 1 is 1.33 bits per heavy atom. The lowest BCUT2D eigenvalue weighted by atomic mass is 10.1. The number of nitrogens with zero attached hydrogens (tertiary/aromatic N) is 2. The second-order valence-corrected chi connectivity index (χ2v) is 5.64. The molecule has 0 saturated heterocycles. The number of amides is 1. The van der Waals surface area contributed by atoms with Crippen LogP contribution in [0.25, 0.3) is 0 Å². The summed E-state index contributed by atoms with van der Waals surface area (Å²) in [6.45, 7) is 9.70. The number of hydrogen-bond acceptors (Lipinski definition) is 3. The molecule has 0 fully saturated rings. The van der Waals surface area contributed by atoms with Crippen LogP contribution in [0.5, 0.6) is 0 Å². The smallest absolute Gasteiger partial charge is 0.414 e. The summed E-state index contributed by atoms with van der Waals surface area (Å²) in [5.74, 6) is 0.380. The molecule has 0 unspecified atom stereocenters. The Balaban J connectivity index is 2.78. The molecule has 1 aromatic rings. The molecule has 1 aromatic heterocycles. The summed E-state index contributed by atoms with van der Waals surface area (Å²) in [4.78, 5) is 17.6. The van der Waals surface area contributed by atoms with Crippen molar-refractivity contribution in [3.05, 3.63) is 24.0 Å². The summed E-state index contributed by atoms with van der Waals surface area (Å²) in [5.41, 5.74) is 1.25. The number of carbonyl (C=O) groups is 1. The van der Waals surface area contributed by atoms with E-state index in [4.69, 9.17) is 4.74 Å². The first-order valence-corrected chi connectivity index (χ1v) is 6.13. The average molecular weight is 250 g/mol. The molecule has 1 heterocycles. The molecule has 4 nitrogen and oxygen atoms in total. The lowest BCUT2D eigenvalue weighted by Gasteiger charge is -2.24. The fourth-order valence-corrected chi connectivity index (χ4v) is 1.37. The van der Waals surface area contributed by atoms with Gasteiger partial charge in [-0.25, -0.2) is 4.79 Å². The van der Waals surface area contributed by atoms with Crippen LogP contribution in [0, 0.1) is 0 Å². The van der Waals surface area contributed by atoms with Crippen molar-refractivity contribution in [2.45, 2.75) is 46.1 Å². The van der Waals surface area contributed by atoms with E-state index in [0.29, 0.717) is 5.92 Å². The molecule has 0 aliphatic heterocycles. The van der Waals surface area contributed by atoms with Crippen LogP contribution in [0.1, 0.15) is 46.2 Å². The molecule has 0 atom stereocenters. The lowest BCUT2D eigenvalue weighted by molar-refractivity contribution is 0.0589. The second-order valence-electron chi connectivity index (χ2n) is 5.64. The van der Waals surface area contributed by atoms with Gasteiger partial charge in [0, 0.05) is 12.7 Å². The summed E-state index contributed by atoms with van der Waals surface area (Å²) in [7, 11) is 1.68. The van der Waals surface area contributed by atoms with Gasteiger partial charge in [0.05, 0.1) is 11.9 Å². The first-order valence-electron chi connectivity index (χ1n) is 6.13. The fraction of sp³-hybridized carbons (Fsp3) is 0.571. The van der Waals surface area contributed by atoms with Crippen molar-refractivity contribution in [1.82, 2.24) is 4.98 Å². The fourth-order valence-electron chi connectivity index (χ4n) is 1.37. The SMILES string of the molecule is CC(C)c1ccc(N(C)C(=O)OC(C)(C)C)cn1. The largest absolute Gasteiger partial charge is 0.443 e. The monoisotopic (exact) mass is 250 g/mol. The zero-order chi connectivity index (χ0) is 13.9. The average Bonchev–Trinajstić information content (AvgIpc) is 2.26. The lowest BCUT2D eigenvalue weighted by Crippen LogP contribution is -2.34. The highest BCUT2D eigenvalue weighted by molar-refractivity contribution is 5.86. The first kappa shape index (κ1) is 14.5. The maximum absolute atomic E-state index is 11.9. The standard InChI is InChI=1S/C14H22N2O2/c1-10(2)12-8-7-11(9-15-12)16(6)13(17)18-14(3,4)5/h7-10H,1-6H3. The van der Waals surface area contributed by atoms with Gasteiger partial charge in [0.15, 0.2) is 0 Å². The highest BCUT2D eigenvalue weighted by atomic mass is 16.6. The molecule has 0 aliphatic carbocycles. The normalized spacial score (nSPS) is 11.5. The molecule has 0 radical (unpaired) electrons. The number of rotatable bonds is 2. The third-order valence-corrected chi connectivity index (χ3v) is 2.42. The van der Waals surface area contributed by atoms with Gasteiger partial charge in [0.2, 0.25) is 0 Å². The number of ether oxygens (including phenoxy) is 1. The quantitative estimate of drug-likeness (QED) is 0.805. The number of aromatic nitrogens is 1. The molecule has 4 heteroatoms. The van der Waals surface area contributed by atoms with Crippen molar-refractivity contribution in [3.63, 3.8) is 0 Å². The van der Waals surface area contributed by atoms with Crippen LogP contribution in [-0.4, -0.2) is 23.7 Å². The van der Waals surface area contributed by atoms with E-state index in [1.807, 2.05) is 32.9 Å². The molecule has 1 amide bonds. The Labute approximate surface area is 109 Å². The van der Waals surface area contributed by atoms with Crippen molar-refractivity contribution < 1.29 is 9.53 Å². The van der Waals surface area contributed by atoms with Crippen LogP contribution in [0.15, 0.2) is 18.3 Å². The minimum atomic E-state index is -0.489. The van der Waals surface area contributed by atoms with Crippen molar-refractivity contribution in [2.24, 2.45) is 0 Å². The molecule has 100 valence electrons. The molecule has 0 aliphatic rings. The third-order valence-electron chi connectivity index (χ3n) is 2.42. The number of carbonyl (C=O) groups excluding carboxylic acids is 1. The van der Waals surface area contributed by atoms with Crippen LogP contribution in [0.3, 0.4) is 0 Å². The van der Waals surface area contributed by atoms with Gasteiger partial charge >= 0.3 is 6.09 Å². The Morgan fingerprint density at radius 2 is 1.94 bits per heavy atom. The molecule has 0 aromatic carbocycles. The number of anilines is 1. The van der Waals surface area contributed by atoms with Crippen LogP contribution < -0.4 is 4.90 Å².